The third-order valence-corrected chi connectivity index (χ3v) is 3.06. The minimum atomic E-state index is 1.02. The maximum absolute atomic E-state index is 3.15. The summed E-state index contributed by atoms with van der Waals surface area (Å²) in [6.45, 7) is 2.21. The van der Waals surface area contributed by atoms with Crippen molar-refractivity contribution in [1.29, 1.82) is 0 Å². The molecule has 0 saturated carbocycles. The molecule has 0 saturated heterocycles. The third kappa shape index (κ3) is 15.6. The largest absolute Gasteiger partial charge is 0.0985 e. The number of rotatable bonds is 7. The molecule has 0 aliphatic carbocycles. The van der Waals surface area contributed by atoms with Gasteiger partial charge >= 0.3 is 0 Å². The summed E-state index contributed by atoms with van der Waals surface area (Å²) in [4.78, 5) is 0. The highest BCUT2D eigenvalue weighted by molar-refractivity contribution is 14.1. The fourth-order valence-corrected chi connectivity index (χ4v) is 1.83. The second-order valence-corrected chi connectivity index (χ2v) is 5.01. The normalized spacial score (nSPS) is 9.53. The third-order valence-electron chi connectivity index (χ3n) is 2.29. The molecule has 0 atom stereocenters. The molecule has 0 amide bonds. The molecular formula is C16H23I. The van der Waals surface area contributed by atoms with Crippen LogP contribution in [-0.2, 0) is 0 Å². The molecule has 0 aromatic rings. The first-order chi connectivity index (χ1) is 8.41. The number of unbranched alkanes of at least 4 members (excludes halogenated alkanes) is 6. The summed E-state index contributed by atoms with van der Waals surface area (Å²) in [5.41, 5.74) is 0. The zero-order valence-electron chi connectivity index (χ0n) is 10.9. The van der Waals surface area contributed by atoms with Crippen LogP contribution in [0.25, 0.3) is 0 Å². The van der Waals surface area contributed by atoms with Crippen molar-refractivity contribution in [1.82, 2.24) is 0 Å². The van der Waals surface area contributed by atoms with Gasteiger partial charge in [-0.05, 0) is 35.8 Å². The SMILES string of the molecule is CCCCCC#CC=CC#CCCCCCI. The monoisotopic (exact) mass is 342 g/mol. The van der Waals surface area contributed by atoms with E-state index in [2.05, 4.69) is 53.2 Å². The van der Waals surface area contributed by atoms with Crippen LogP contribution in [-0.4, -0.2) is 4.43 Å². The van der Waals surface area contributed by atoms with Crippen LogP contribution in [0.2, 0.25) is 0 Å². The Kier molecular flexibility index (Phi) is 15.2. The molecule has 0 heterocycles. The quantitative estimate of drug-likeness (QED) is 0.261. The fourth-order valence-electron chi connectivity index (χ4n) is 1.29. The second-order valence-electron chi connectivity index (χ2n) is 3.93. The number of allylic oxidation sites excluding steroid dienone is 2. The molecule has 0 spiro atoms. The number of alkyl halides is 1. The number of hydrogen-bond donors (Lipinski definition) is 0. The lowest BCUT2D eigenvalue weighted by molar-refractivity contribution is 0.737. The molecule has 0 aromatic carbocycles. The van der Waals surface area contributed by atoms with Crippen molar-refractivity contribution in [2.45, 2.75) is 58.3 Å². The van der Waals surface area contributed by atoms with Crippen LogP contribution in [0, 0.1) is 23.7 Å². The van der Waals surface area contributed by atoms with Gasteiger partial charge in [-0.1, -0.05) is 72.5 Å². The smallest absolute Gasteiger partial charge is 0.00922 e. The number of hydrogen-bond acceptors (Lipinski definition) is 0. The topological polar surface area (TPSA) is 0 Å². The van der Waals surface area contributed by atoms with Gasteiger partial charge in [-0.15, -0.1) is 0 Å². The van der Waals surface area contributed by atoms with E-state index < -0.39 is 0 Å². The Balaban J connectivity index is 3.42. The Labute approximate surface area is 121 Å². The van der Waals surface area contributed by atoms with Crippen LogP contribution in [0.3, 0.4) is 0 Å². The summed E-state index contributed by atoms with van der Waals surface area (Å²) in [5.74, 6) is 12.3. The van der Waals surface area contributed by atoms with E-state index >= 15 is 0 Å². The molecule has 0 aliphatic rings. The molecule has 1 heteroatoms. The Morgan fingerprint density at radius 1 is 0.824 bits per heavy atom. The van der Waals surface area contributed by atoms with Gasteiger partial charge in [0, 0.05) is 12.8 Å². The molecule has 0 unspecified atom stereocenters. The van der Waals surface area contributed by atoms with Crippen LogP contribution < -0.4 is 0 Å². The average Bonchev–Trinajstić information content (AvgIpc) is 2.35. The molecule has 0 rings (SSSR count). The van der Waals surface area contributed by atoms with Crippen molar-refractivity contribution in [3.8, 4) is 23.7 Å². The molecular weight excluding hydrogens is 319 g/mol. The molecule has 17 heavy (non-hydrogen) atoms. The van der Waals surface area contributed by atoms with Gasteiger partial charge < -0.3 is 0 Å². The lowest BCUT2D eigenvalue weighted by Crippen LogP contribution is -1.75. The lowest BCUT2D eigenvalue weighted by Gasteiger charge is -1.90. The zero-order valence-corrected chi connectivity index (χ0v) is 13.1. The zero-order chi connectivity index (χ0) is 12.6. The van der Waals surface area contributed by atoms with Gasteiger partial charge in [-0.25, -0.2) is 0 Å². The predicted molar refractivity (Wildman–Crippen MR) is 86.2 cm³/mol. The molecule has 0 fully saturated rings. The second kappa shape index (κ2) is 15.6. The van der Waals surface area contributed by atoms with Crippen molar-refractivity contribution in [2.75, 3.05) is 4.43 Å². The summed E-state index contributed by atoms with van der Waals surface area (Å²) < 4.78 is 1.26. The average molecular weight is 342 g/mol. The van der Waals surface area contributed by atoms with E-state index in [1.54, 1.807) is 0 Å². The van der Waals surface area contributed by atoms with E-state index in [-0.39, 0.29) is 0 Å². The first-order valence-electron chi connectivity index (χ1n) is 6.59. The molecule has 0 radical (unpaired) electrons. The molecule has 0 N–H and O–H groups in total. The highest BCUT2D eigenvalue weighted by Gasteiger charge is 1.83. The molecule has 0 bridgehead atoms. The van der Waals surface area contributed by atoms with E-state index in [0.29, 0.717) is 0 Å². The summed E-state index contributed by atoms with van der Waals surface area (Å²) in [5, 5.41) is 0. The van der Waals surface area contributed by atoms with E-state index in [9.17, 15) is 0 Å². The van der Waals surface area contributed by atoms with Crippen molar-refractivity contribution >= 4 is 22.6 Å². The summed E-state index contributed by atoms with van der Waals surface area (Å²) >= 11 is 2.42. The minimum absolute atomic E-state index is 1.02. The standard InChI is InChI=1S/C16H23I/c1-2-3-4-5-6-7-8-9-10-11-12-13-14-15-16-17/h8-9H,2-5,12-16H2,1H3. The van der Waals surface area contributed by atoms with Gasteiger partial charge in [0.05, 0.1) is 0 Å². The van der Waals surface area contributed by atoms with E-state index in [0.717, 1.165) is 12.8 Å². The first-order valence-corrected chi connectivity index (χ1v) is 8.12. The Morgan fingerprint density at radius 2 is 1.41 bits per heavy atom. The van der Waals surface area contributed by atoms with Gasteiger partial charge in [-0.2, -0.15) is 0 Å². The molecule has 0 nitrogen and oxygen atoms in total. The van der Waals surface area contributed by atoms with Crippen LogP contribution in [0.15, 0.2) is 12.2 Å². The maximum Gasteiger partial charge on any atom is 0.00922 e. The maximum atomic E-state index is 3.15. The highest BCUT2D eigenvalue weighted by Crippen LogP contribution is 2.00. The highest BCUT2D eigenvalue weighted by atomic mass is 127. The molecule has 0 aromatic heterocycles. The number of halogens is 1. The first kappa shape index (κ1) is 16.6. The van der Waals surface area contributed by atoms with Crippen molar-refractivity contribution < 1.29 is 0 Å². The Morgan fingerprint density at radius 3 is 1.94 bits per heavy atom. The van der Waals surface area contributed by atoms with Crippen LogP contribution in [0.5, 0.6) is 0 Å². The van der Waals surface area contributed by atoms with Gasteiger partial charge in [0.15, 0.2) is 0 Å². The van der Waals surface area contributed by atoms with Gasteiger partial charge in [0.2, 0.25) is 0 Å². The minimum Gasteiger partial charge on any atom is -0.0985 e. The van der Waals surface area contributed by atoms with Crippen LogP contribution >= 0.6 is 22.6 Å². The van der Waals surface area contributed by atoms with Gasteiger partial charge in [0.1, 0.15) is 0 Å². The van der Waals surface area contributed by atoms with Crippen LogP contribution in [0.4, 0.5) is 0 Å². The van der Waals surface area contributed by atoms with Gasteiger partial charge in [-0.3, -0.25) is 0 Å². The Bertz CT molecular complexity index is 293. The van der Waals surface area contributed by atoms with Crippen molar-refractivity contribution in [2.24, 2.45) is 0 Å². The van der Waals surface area contributed by atoms with Gasteiger partial charge in [0.25, 0.3) is 0 Å². The van der Waals surface area contributed by atoms with Crippen molar-refractivity contribution in [3.05, 3.63) is 12.2 Å². The van der Waals surface area contributed by atoms with E-state index in [1.165, 1.54) is 43.0 Å². The van der Waals surface area contributed by atoms with Crippen LogP contribution in [0.1, 0.15) is 58.3 Å². The Hall–Kier alpha value is -0.410. The fraction of sp³-hybridized carbons (Fsp3) is 0.625. The lowest BCUT2D eigenvalue weighted by atomic mass is 10.2. The van der Waals surface area contributed by atoms with Crippen molar-refractivity contribution in [3.63, 3.8) is 0 Å². The summed E-state index contributed by atoms with van der Waals surface area (Å²) in [6, 6.07) is 0. The molecule has 0 aliphatic heterocycles. The van der Waals surface area contributed by atoms with E-state index in [1.807, 2.05) is 12.2 Å². The summed E-state index contributed by atoms with van der Waals surface area (Å²) in [6.07, 6.45) is 13.4. The molecule has 94 valence electrons. The van der Waals surface area contributed by atoms with E-state index in [4.69, 9.17) is 0 Å². The predicted octanol–water partition coefficient (Wildman–Crippen LogP) is 5.13. The summed E-state index contributed by atoms with van der Waals surface area (Å²) in [7, 11) is 0.